The van der Waals surface area contributed by atoms with Crippen LogP contribution in [0.25, 0.3) is 0 Å². The Bertz CT molecular complexity index is 579. The normalized spacial score (nSPS) is 13.4. The Morgan fingerprint density at radius 1 is 1.28 bits per heavy atom. The van der Waals surface area contributed by atoms with Crippen molar-refractivity contribution in [2.75, 3.05) is 0 Å². The van der Waals surface area contributed by atoms with E-state index < -0.39 is 10.0 Å². The third-order valence-electron chi connectivity index (χ3n) is 2.67. The van der Waals surface area contributed by atoms with Crippen molar-refractivity contribution in [2.24, 2.45) is 0 Å². The summed E-state index contributed by atoms with van der Waals surface area (Å²) in [6.45, 7) is 1.94. The maximum atomic E-state index is 12.1. The summed E-state index contributed by atoms with van der Waals surface area (Å²) < 4.78 is 26.8. The summed E-state index contributed by atoms with van der Waals surface area (Å²) in [6, 6.07) is 10.7. The van der Waals surface area contributed by atoms with Gasteiger partial charge in [-0.1, -0.05) is 37.3 Å². The van der Waals surface area contributed by atoms with Crippen molar-refractivity contribution >= 4 is 10.0 Å². The van der Waals surface area contributed by atoms with Crippen LogP contribution in [0.3, 0.4) is 0 Å². The fourth-order valence-electron chi connectivity index (χ4n) is 1.72. The number of nitrogens with zero attached hydrogens (tertiary/aromatic N) is 1. The van der Waals surface area contributed by atoms with Crippen LogP contribution in [-0.2, 0) is 10.0 Å². The monoisotopic (exact) mass is 265 g/mol. The molecular formula is C12H15N3O2S. The molecule has 0 amide bonds. The highest BCUT2D eigenvalue weighted by Gasteiger charge is 2.20. The molecule has 0 aliphatic heterocycles. The summed E-state index contributed by atoms with van der Waals surface area (Å²) in [4.78, 5) is 0. The number of hydrogen-bond donors (Lipinski definition) is 2. The van der Waals surface area contributed by atoms with E-state index in [9.17, 15) is 8.42 Å². The fraction of sp³-hybridized carbons (Fsp3) is 0.250. The van der Waals surface area contributed by atoms with Crippen molar-refractivity contribution < 1.29 is 8.42 Å². The predicted octanol–water partition coefficient (Wildman–Crippen LogP) is 1.84. The van der Waals surface area contributed by atoms with Gasteiger partial charge in [-0.25, -0.2) is 13.1 Å². The van der Waals surface area contributed by atoms with Crippen molar-refractivity contribution in [1.82, 2.24) is 14.9 Å². The largest absolute Gasteiger partial charge is 0.266 e. The number of rotatable bonds is 5. The molecule has 2 aromatic rings. The minimum Gasteiger partial charge on any atom is -0.266 e. The highest BCUT2D eigenvalue weighted by molar-refractivity contribution is 7.89. The Kier molecular flexibility index (Phi) is 3.78. The van der Waals surface area contributed by atoms with Gasteiger partial charge in [0.2, 0.25) is 0 Å². The van der Waals surface area contributed by atoms with Gasteiger partial charge in [-0.3, -0.25) is 5.10 Å². The first kappa shape index (κ1) is 12.8. The van der Waals surface area contributed by atoms with Gasteiger partial charge in [-0.15, -0.1) is 0 Å². The molecule has 0 aliphatic rings. The van der Waals surface area contributed by atoms with Gasteiger partial charge < -0.3 is 0 Å². The van der Waals surface area contributed by atoms with Gasteiger partial charge in [0.15, 0.2) is 5.03 Å². The van der Waals surface area contributed by atoms with Crippen molar-refractivity contribution in [3.8, 4) is 0 Å². The molecule has 2 rings (SSSR count). The van der Waals surface area contributed by atoms with E-state index in [-0.39, 0.29) is 11.1 Å². The number of aromatic amines is 1. The van der Waals surface area contributed by atoms with E-state index in [1.165, 1.54) is 12.3 Å². The maximum Gasteiger partial charge on any atom is 0.258 e. The summed E-state index contributed by atoms with van der Waals surface area (Å²) in [6.07, 6.45) is 2.09. The average molecular weight is 265 g/mol. The average Bonchev–Trinajstić information content (AvgIpc) is 2.92. The predicted molar refractivity (Wildman–Crippen MR) is 68.4 cm³/mol. The van der Waals surface area contributed by atoms with E-state index in [2.05, 4.69) is 14.9 Å². The van der Waals surface area contributed by atoms with Crippen LogP contribution in [0.5, 0.6) is 0 Å². The fourth-order valence-corrected chi connectivity index (χ4v) is 2.93. The molecule has 0 spiro atoms. The molecule has 0 radical (unpaired) electrons. The first-order valence-electron chi connectivity index (χ1n) is 5.70. The molecule has 6 heteroatoms. The molecule has 5 nitrogen and oxygen atoms in total. The van der Waals surface area contributed by atoms with E-state index in [4.69, 9.17) is 0 Å². The van der Waals surface area contributed by atoms with Crippen LogP contribution < -0.4 is 4.72 Å². The molecule has 0 aliphatic carbocycles. The van der Waals surface area contributed by atoms with Crippen LogP contribution in [0.1, 0.15) is 24.9 Å². The molecule has 0 saturated carbocycles. The zero-order chi connectivity index (χ0) is 13.0. The third-order valence-corrected chi connectivity index (χ3v) is 4.07. The molecule has 96 valence electrons. The quantitative estimate of drug-likeness (QED) is 0.866. The second-order valence-corrected chi connectivity index (χ2v) is 5.60. The molecule has 1 heterocycles. The Hall–Kier alpha value is -1.66. The van der Waals surface area contributed by atoms with Crippen molar-refractivity contribution in [3.63, 3.8) is 0 Å². The number of H-pyrrole nitrogens is 1. The van der Waals surface area contributed by atoms with Gasteiger partial charge in [0, 0.05) is 6.04 Å². The summed E-state index contributed by atoms with van der Waals surface area (Å²) in [5.74, 6) is 0. The molecule has 1 unspecified atom stereocenters. The van der Waals surface area contributed by atoms with Gasteiger partial charge in [0.25, 0.3) is 10.0 Å². The minimum atomic E-state index is -3.54. The van der Waals surface area contributed by atoms with E-state index in [0.29, 0.717) is 6.42 Å². The second kappa shape index (κ2) is 5.32. The van der Waals surface area contributed by atoms with E-state index >= 15 is 0 Å². The van der Waals surface area contributed by atoms with Crippen LogP contribution >= 0.6 is 0 Å². The second-order valence-electron chi connectivity index (χ2n) is 3.91. The molecule has 18 heavy (non-hydrogen) atoms. The highest BCUT2D eigenvalue weighted by Crippen LogP contribution is 2.18. The maximum absolute atomic E-state index is 12.1. The Balaban J connectivity index is 2.22. The lowest BCUT2D eigenvalue weighted by Gasteiger charge is -2.16. The van der Waals surface area contributed by atoms with Gasteiger partial charge in [0.1, 0.15) is 0 Å². The molecular weight excluding hydrogens is 250 g/mol. The third kappa shape index (κ3) is 2.77. The minimum absolute atomic E-state index is 0.0804. The molecule has 0 fully saturated rings. The lowest BCUT2D eigenvalue weighted by Crippen LogP contribution is -2.28. The van der Waals surface area contributed by atoms with Crippen LogP contribution in [0.15, 0.2) is 47.6 Å². The van der Waals surface area contributed by atoms with Gasteiger partial charge in [-0.05, 0) is 18.1 Å². The smallest absolute Gasteiger partial charge is 0.258 e. The Morgan fingerprint density at radius 3 is 2.56 bits per heavy atom. The zero-order valence-electron chi connectivity index (χ0n) is 10.00. The Morgan fingerprint density at radius 2 is 2.00 bits per heavy atom. The summed E-state index contributed by atoms with van der Waals surface area (Å²) in [5, 5.41) is 6.19. The van der Waals surface area contributed by atoms with E-state index in [1.54, 1.807) is 0 Å². The summed E-state index contributed by atoms with van der Waals surface area (Å²) in [5.41, 5.74) is 0.947. The van der Waals surface area contributed by atoms with Crippen molar-refractivity contribution in [1.29, 1.82) is 0 Å². The topological polar surface area (TPSA) is 74.8 Å². The van der Waals surface area contributed by atoms with Crippen molar-refractivity contribution in [3.05, 3.63) is 48.2 Å². The lowest BCUT2D eigenvalue weighted by atomic mass is 10.1. The summed E-state index contributed by atoms with van der Waals surface area (Å²) >= 11 is 0. The standard InChI is InChI=1S/C12H15N3O2S/c1-2-11(10-6-4-3-5-7-10)15-18(16,17)12-8-9-13-14-12/h3-9,11,15H,2H2,1H3,(H,13,14). The van der Waals surface area contributed by atoms with Crippen LogP contribution in [-0.4, -0.2) is 18.6 Å². The highest BCUT2D eigenvalue weighted by atomic mass is 32.2. The number of hydrogen-bond acceptors (Lipinski definition) is 3. The SMILES string of the molecule is CCC(NS(=O)(=O)c1ccn[nH]1)c1ccccc1. The number of benzene rings is 1. The molecule has 2 N–H and O–H groups in total. The van der Waals surface area contributed by atoms with Crippen LogP contribution in [0.2, 0.25) is 0 Å². The van der Waals surface area contributed by atoms with E-state index in [0.717, 1.165) is 5.56 Å². The molecule has 0 saturated heterocycles. The van der Waals surface area contributed by atoms with Gasteiger partial charge >= 0.3 is 0 Å². The number of aromatic nitrogens is 2. The Labute approximate surface area is 106 Å². The first-order chi connectivity index (χ1) is 8.63. The molecule has 1 aromatic heterocycles. The molecule has 0 bridgehead atoms. The number of sulfonamides is 1. The molecule has 1 aromatic carbocycles. The van der Waals surface area contributed by atoms with Crippen LogP contribution in [0, 0.1) is 0 Å². The lowest BCUT2D eigenvalue weighted by molar-refractivity contribution is 0.546. The number of nitrogens with one attached hydrogen (secondary N) is 2. The summed E-state index contributed by atoms with van der Waals surface area (Å²) in [7, 11) is -3.54. The van der Waals surface area contributed by atoms with Crippen LogP contribution in [0.4, 0.5) is 0 Å². The zero-order valence-corrected chi connectivity index (χ0v) is 10.8. The first-order valence-corrected chi connectivity index (χ1v) is 7.18. The van der Waals surface area contributed by atoms with Crippen molar-refractivity contribution in [2.45, 2.75) is 24.4 Å². The van der Waals surface area contributed by atoms with Gasteiger partial charge in [0.05, 0.1) is 6.20 Å². The van der Waals surface area contributed by atoms with E-state index in [1.807, 2.05) is 37.3 Å². The molecule has 1 atom stereocenters. The van der Waals surface area contributed by atoms with Gasteiger partial charge in [-0.2, -0.15) is 5.10 Å².